The molecule has 0 spiro atoms. The lowest BCUT2D eigenvalue weighted by molar-refractivity contribution is 0.252. The fourth-order valence-corrected chi connectivity index (χ4v) is 3.92. The zero-order valence-corrected chi connectivity index (χ0v) is 12.8. The Bertz CT molecular complexity index is 285. The van der Waals surface area contributed by atoms with Crippen molar-refractivity contribution in [1.29, 1.82) is 0 Å². The minimum absolute atomic E-state index is 0.612. The summed E-state index contributed by atoms with van der Waals surface area (Å²) in [5, 5.41) is 4.69. The highest BCUT2D eigenvalue weighted by Gasteiger charge is 2.23. The lowest BCUT2D eigenvalue weighted by Crippen LogP contribution is -2.33. The summed E-state index contributed by atoms with van der Waals surface area (Å²) in [6.07, 6.45) is 5.60. The lowest BCUT2D eigenvalue weighted by Gasteiger charge is -2.22. The molecule has 1 heterocycles. The predicted molar refractivity (Wildman–Crippen MR) is 81.4 cm³/mol. The van der Waals surface area contributed by atoms with E-state index >= 15 is 0 Å². The summed E-state index contributed by atoms with van der Waals surface area (Å²) >= 11 is 1.88. The maximum absolute atomic E-state index is 4.69. The molecule has 18 heavy (non-hydrogen) atoms. The van der Waals surface area contributed by atoms with Crippen LogP contribution < -0.4 is 5.32 Å². The van der Waals surface area contributed by atoms with Crippen molar-refractivity contribution >= 4 is 16.9 Å². The van der Waals surface area contributed by atoms with Crippen molar-refractivity contribution in [2.45, 2.75) is 51.6 Å². The Morgan fingerprint density at radius 1 is 1.39 bits per heavy atom. The SMILES string of the molecule is CC(C)C1CSC(=NCCN(C)C2CCCC2)N1. The minimum atomic E-state index is 0.612. The molecule has 1 aliphatic heterocycles. The maximum atomic E-state index is 4.69. The van der Waals surface area contributed by atoms with Crippen molar-refractivity contribution in [2.24, 2.45) is 10.9 Å². The molecule has 0 aromatic carbocycles. The molecule has 3 nitrogen and oxygen atoms in total. The van der Waals surface area contributed by atoms with E-state index < -0.39 is 0 Å². The fraction of sp³-hybridized carbons (Fsp3) is 0.929. The van der Waals surface area contributed by atoms with Gasteiger partial charge in [-0.05, 0) is 25.8 Å². The average molecular weight is 269 g/mol. The second-order valence-electron chi connectivity index (χ2n) is 5.91. The van der Waals surface area contributed by atoms with Crippen LogP contribution in [0.25, 0.3) is 0 Å². The number of thioether (sulfide) groups is 1. The molecule has 1 saturated heterocycles. The molecular formula is C14H27N3S. The summed E-state index contributed by atoms with van der Waals surface area (Å²) < 4.78 is 0. The third-order valence-electron chi connectivity index (χ3n) is 4.17. The van der Waals surface area contributed by atoms with E-state index in [1.54, 1.807) is 0 Å². The number of aliphatic imine (C=N–C) groups is 1. The van der Waals surface area contributed by atoms with Crippen LogP contribution in [0.1, 0.15) is 39.5 Å². The molecule has 1 unspecified atom stereocenters. The molecule has 4 heteroatoms. The number of hydrogen-bond donors (Lipinski definition) is 1. The molecule has 1 atom stereocenters. The Balaban J connectivity index is 1.68. The summed E-state index contributed by atoms with van der Waals surface area (Å²) in [6.45, 7) is 6.58. The van der Waals surface area contributed by atoms with Gasteiger partial charge in [-0.15, -0.1) is 0 Å². The van der Waals surface area contributed by atoms with Crippen molar-refractivity contribution in [2.75, 3.05) is 25.9 Å². The third-order valence-corrected chi connectivity index (χ3v) is 5.22. The molecule has 0 bridgehead atoms. The summed E-state index contributed by atoms with van der Waals surface area (Å²) in [6, 6.07) is 1.43. The van der Waals surface area contributed by atoms with E-state index in [2.05, 4.69) is 31.1 Å². The van der Waals surface area contributed by atoms with Crippen LogP contribution in [0.4, 0.5) is 0 Å². The highest BCUT2D eigenvalue weighted by molar-refractivity contribution is 8.14. The van der Waals surface area contributed by atoms with Crippen molar-refractivity contribution in [3.05, 3.63) is 0 Å². The fourth-order valence-electron chi connectivity index (χ4n) is 2.70. The molecule has 1 saturated carbocycles. The molecule has 0 aromatic rings. The van der Waals surface area contributed by atoms with Crippen LogP contribution in [0, 0.1) is 5.92 Å². The Morgan fingerprint density at radius 3 is 2.72 bits per heavy atom. The number of hydrogen-bond acceptors (Lipinski definition) is 3. The first-order valence-electron chi connectivity index (χ1n) is 7.31. The van der Waals surface area contributed by atoms with Gasteiger partial charge in [-0.1, -0.05) is 38.5 Å². The molecule has 0 amide bonds. The van der Waals surface area contributed by atoms with Crippen LogP contribution in [-0.2, 0) is 0 Å². The molecule has 2 aliphatic rings. The number of nitrogens with one attached hydrogen (secondary N) is 1. The summed E-state index contributed by atoms with van der Waals surface area (Å²) in [4.78, 5) is 7.19. The smallest absolute Gasteiger partial charge is 0.156 e. The molecule has 0 aromatic heterocycles. The van der Waals surface area contributed by atoms with E-state index in [4.69, 9.17) is 4.99 Å². The van der Waals surface area contributed by atoms with E-state index in [1.807, 2.05) is 11.8 Å². The molecular weight excluding hydrogens is 242 g/mol. The van der Waals surface area contributed by atoms with E-state index in [1.165, 1.54) is 31.4 Å². The van der Waals surface area contributed by atoms with Crippen LogP contribution in [-0.4, -0.2) is 48.0 Å². The summed E-state index contributed by atoms with van der Waals surface area (Å²) in [5.74, 6) is 1.88. The van der Waals surface area contributed by atoms with Crippen molar-refractivity contribution in [3.63, 3.8) is 0 Å². The second kappa shape index (κ2) is 6.80. The Labute approximate surface area is 116 Å². The number of amidine groups is 1. The van der Waals surface area contributed by atoms with Gasteiger partial charge in [0.1, 0.15) is 0 Å². The Morgan fingerprint density at radius 2 is 2.11 bits per heavy atom. The maximum Gasteiger partial charge on any atom is 0.156 e. The van der Waals surface area contributed by atoms with E-state index in [0.717, 1.165) is 24.3 Å². The molecule has 1 aliphatic carbocycles. The molecule has 2 fully saturated rings. The zero-order valence-electron chi connectivity index (χ0n) is 12.0. The highest BCUT2D eigenvalue weighted by atomic mass is 32.2. The van der Waals surface area contributed by atoms with E-state index in [0.29, 0.717) is 12.0 Å². The monoisotopic (exact) mass is 269 g/mol. The van der Waals surface area contributed by atoms with Crippen LogP contribution in [0.2, 0.25) is 0 Å². The molecule has 0 radical (unpaired) electrons. The van der Waals surface area contributed by atoms with Gasteiger partial charge in [0, 0.05) is 24.4 Å². The largest absolute Gasteiger partial charge is 0.361 e. The molecule has 1 N–H and O–H groups in total. The molecule has 104 valence electrons. The number of nitrogens with zero attached hydrogens (tertiary/aromatic N) is 2. The standard InChI is InChI=1S/C14H27N3S/c1-11(2)13-10-18-14(16-13)15-8-9-17(3)12-6-4-5-7-12/h11-13H,4-10H2,1-3H3,(H,15,16). The normalized spacial score (nSPS) is 27.6. The van der Waals surface area contributed by atoms with Crippen LogP contribution in [0.5, 0.6) is 0 Å². The summed E-state index contributed by atoms with van der Waals surface area (Å²) in [7, 11) is 2.25. The van der Waals surface area contributed by atoms with Gasteiger partial charge in [0.15, 0.2) is 5.17 Å². The van der Waals surface area contributed by atoms with Gasteiger partial charge in [0.25, 0.3) is 0 Å². The number of likely N-dealkylation sites (N-methyl/N-ethyl adjacent to an activating group) is 1. The first-order valence-corrected chi connectivity index (χ1v) is 8.29. The van der Waals surface area contributed by atoms with Gasteiger partial charge in [0.05, 0.1) is 6.54 Å². The summed E-state index contributed by atoms with van der Waals surface area (Å²) in [5.41, 5.74) is 0. The number of rotatable bonds is 5. The zero-order chi connectivity index (χ0) is 13.0. The van der Waals surface area contributed by atoms with Gasteiger partial charge in [-0.3, -0.25) is 4.99 Å². The first-order chi connectivity index (χ1) is 8.66. The van der Waals surface area contributed by atoms with Gasteiger partial charge < -0.3 is 10.2 Å². The van der Waals surface area contributed by atoms with E-state index in [-0.39, 0.29) is 0 Å². The van der Waals surface area contributed by atoms with Gasteiger partial charge >= 0.3 is 0 Å². The van der Waals surface area contributed by atoms with Gasteiger partial charge in [-0.25, -0.2) is 0 Å². The topological polar surface area (TPSA) is 27.6 Å². The minimum Gasteiger partial charge on any atom is -0.361 e. The second-order valence-corrected chi connectivity index (χ2v) is 6.92. The third kappa shape index (κ3) is 3.89. The van der Waals surface area contributed by atoms with Crippen molar-refractivity contribution in [3.8, 4) is 0 Å². The molecule has 2 rings (SSSR count). The first kappa shape index (κ1) is 14.2. The Kier molecular flexibility index (Phi) is 5.37. The average Bonchev–Trinajstić information content (AvgIpc) is 3.00. The van der Waals surface area contributed by atoms with Crippen molar-refractivity contribution in [1.82, 2.24) is 10.2 Å². The van der Waals surface area contributed by atoms with Gasteiger partial charge in [0.2, 0.25) is 0 Å². The predicted octanol–water partition coefficient (Wildman–Crippen LogP) is 2.58. The van der Waals surface area contributed by atoms with Gasteiger partial charge in [-0.2, -0.15) is 0 Å². The van der Waals surface area contributed by atoms with Crippen LogP contribution >= 0.6 is 11.8 Å². The van der Waals surface area contributed by atoms with Crippen LogP contribution in [0.3, 0.4) is 0 Å². The Hall–Kier alpha value is -0.220. The highest BCUT2D eigenvalue weighted by Crippen LogP contribution is 2.22. The lowest BCUT2D eigenvalue weighted by atomic mass is 10.1. The van der Waals surface area contributed by atoms with Crippen molar-refractivity contribution < 1.29 is 0 Å². The van der Waals surface area contributed by atoms with E-state index in [9.17, 15) is 0 Å². The van der Waals surface area contributed by atoms with Crippen LogP contribution in [0.15, 0.2) is 4.99 Å². The quantitative estimate of drug-likeness (QED) is 0.831.